The standard InChI is InChI=1S/C25H25N5O4S/c1-25(28-12-16(31)13-33-20-4-2-3-19-22(20)30-24(35)29-19)10-14-5-7-17(9-18(14)25)34-21-8-6-15(11-27-21)23(26)32/h2-9,11,16,28,31H,10,12-13H2,1H3,(H2,26,32)(H2,29,30,35). The summed E-state index contributed by atoms with van der Waals surface area (Å²) in [6, 6.07) is 14.7. The number of carbonyl (C=O) groups excluding carboxylic acids is 1. The second-order valence-electron chi connectivity index (χ2n) is 8.78. The molecule has 0 spiro atoms. The number of amides is 1. The molecule has 0 aliphatic heterocycles. The van der Waals surface area contributed by atoms with Gasteiger partial charge >= 0.3 is 0 Å². The lowest BCUT2D eigenvalue weighted by atomic mass is 9.71. The fourth-order valence-corrected chi connectivity index (χ4v) is 4.47. The first-order valence-electron chi connectivity index (χ1n) is 11.1. The molecule has 0 fully saturated rings. The smallest absolute Gasteiger partial charge is 0.250 e. The predicted molar refractivity (Wildman–Crippen MR) is 133 cm³/mol. The molecular formula is C25H25N5O4S. The van der Waals surface area contributed by atoms with Crippen molar-refractivity contribution in [1.82, 2.24) is 20.3 Å². The number of carbonyl (C=O) groups is 1. The molecule has 2 aromatic heterocycles. The van der Waals surface area contributed by atoms with Gasteiger partial charge in [0.15, 0.2) is 4.77 Å². The molecule has 1 aliphatic rings. The van der Waals surface area contributed by atoms with Crippen LogP contribution in [0.3, 0.4) is 0 Å². The number of hydrogen-bond donors (Lipinski definition) is 5. The Hall–Kier alpha value is -3.73. The fraction of sp³-hybridized carbons (Fsp3) is 0.240. The SMILES string of the molecule is CC1(NCC(O)COc2cccc3[nH]c(=S)[nH]c23)Cc2ccc(Oc3ccc(C(N)=O)cn3)cc21. The monoisotopic (exact) mass is 491 g/mol. The molecule has 5 rings (SSSR count). The first kappa shape index (κ1) is 23.0. The Labute approximate surface area is 206 Å². The molecule has 2 heterocycles. The highest BCUT2D eigenvalue weighted by Gasteiger charge is 2.38. The summed E-state index contributed by atoms with van der Waals surface area (Å²) in [5, 5.41) is 14.0. The highest BCUT2D eigenvalue weighted by molar-refractivity contribution is 7.71. The van der Waals surface area contributed by atoms with Crippen LogP contribution < -0.4 is 20.5 Å². The van der Waals surface area contributed by atoms with Gasteiger partial charge in [0, 0.05) is 24.3 Å². The maximum Gasteiger partial charge on any atom is 0.250 e. The van der Waals surface area contributed by atoms with Gasteiger partial charge in [0.05, 0.1) is 11.1 Å². The third kappa shape index (κ3) is 4.76. The average molecular weight is 492 g/mol. The van der Waals surface area contributed by atoms with Gasteiger partial charge in [-0.15, -0.1) is 0 Å². The van der Waals surface area contributed by atoms with Crippen LogP contribution in [0.5, 0.6) is 17.4 Å². The Morgan fingerprint density at radius 1 is 1.29 bits per heavy atom. The molecule has 6 N–H and O–H groups in total. The molecule has 0 bridgehead atoms. The van der Waals surface area contributed by atoms with Gasteiger partial charge in [0.1, 0.15) is 29.7 Å². The molecule has 1 aliphatic carbocycles. The van der Waals surface area contributed by atoms with E-state index in [4.69, 9.17) is 27.4 Å². The van der Waals surface area contributed by atoms with E-state index >= 15 is 0 Å². The lowest BCUT2D eigenvalue weighted by Gasteiger charge is -2.42. The molecule has 1 amide bonds. The van der Waals surface area contributed by atoms with E-state index < -0.39 is 12.0 Å². The topological polar surface area (TPSA) is 138 Å². The molecule has 180 valence electrons. The number of fused-ring (bicyclic) bond motifs is 2. The lowest BCUT2D eigenvalue weighted by molar-refractivity contribution is 0.0956. The van der Waals surface area contributed by atoms with E-state index in [0.717, 1.165) is 23.0 Å². The second kappa shape index (κ2) is 9.14. The Morgan fingerprint density at radius 2 is 2.14 bits per heavy atom. The number of primary amides is 1. The number of nitrogens with one attached hydrogen (secondary N) is 3. The Morgan fingerprint density at radius 3 is 2.91 bits per heavy atom. The summed E-state index contributed by atoms with van der Waals surface area (Å²) in [4.78, 5) is 21.5. The molecule has 9 nitrogen and oxygen atoms in total. The van der Waals surface area contributed by atoms with Crippen molar-refractivity contribution in [2.75, 3.05) is 13.2 Å². The Kier molecular flexibility index (Phi) is 6.01. The quantitative estimate of drug-likeness (QED) is 0.226. The van der Waals surface area contributed by atoms with Gasteiger partial charge in [0.25, 0.3) is 0 Å². The molecule has 0 saturated heterocycles. The van der Waals surface area contributed by atoms with Crippen molar-refractivity contribution in [3.63, 3.8) is 0 Å². The zero-order valence-electron chi connectivity index (χ0n) is 19.0. The van der Waals surface area contributed by atoms with Crippen LogP contribution in [-0.4, -0.2) is 45.2 Å². The van der Waals surface area contributed by atoms with Gasteiger partial charge in [0.2, 0.25) is 11.8 Å². The van der Waals surface area contributed by atoms with Crippen molar-refractivity contribution in [1.29, 1.82) is 0 Å². The molecular weight excluding hydrogens is 466 g/mol. The van der Waals surface area contributed by atoms with Crippen LogP contribution in [-0.2, 0) is 12.0 Å². The maximum absolute atomic E-state index is 11.2. The number of nitrogens with two attached hydrogens (primary N) is 1. The number of hydrogen-bond acceptors (Lipinski definition) is 7. The number of aliphatic hydroxyl groups is 1. The van der Waals surface area contributed by atoms with Crippen molar-refractivity contribution in [3.8, 4) is 17.4 Å². The molecule has 2 aromatic carbocycles. The van der Waals surface area contributed by atoms with Gasteiger partial charge in [-0.25, -0.2) is 4.98 Å². The summed E-state index contributed by atoms with van der Waals surface area (Å²) in [6.45, 7) is 2.58. The van der Waals surface area contributed by atoms with E-state index in [1.165, 1.54) is 11.8 Å². The van der Waals surface area contributed by atoms with Crippen molar-refractivity contribution in [3.05, 3.63) is 76.2 Å². The number of H-pyrrole nitrogens is 2. The molecule has 2 unspecified atom stereocenters. The largest absolute Gasteiger partial charge is 0.489 e. The molecule has 35 heavy (non-hydrogen) atoms. The van der Waals surface area contributed by atoms with Crippen LogP contribution in [0.4, 0.5) is 0 Å². The molecule has 0 saturated carbocycles. The molecule has 10 heteroatoms. The van der Waals surface area contributed by atoms with Gasteiger partial charge < -0.3 is 35.6 Å². The highest BCUT2D eigenvalue weighted by atomic mass is 32.1. The number of aliphatic hydroxyl groups excluding tert-OH is 1. The van der Waals surface area contributed by atoms with E-state index in [-0.39, 0.29) is 12.1 Å². The molecule has 2 atom stereocenters. The van der Waals surface area contributed by atoms with E-state index in [2.05, 4.69) is 27.2 Å². The van der Waals surface area contributed by atoms with Crippen LogP contribution in [0.1, 0.15) is 28.4 Å². The summed E-state index contributed by atoms with van der Waals surface area (Å²) in [5.74, 6) is 1.10. The zero-order chi connectivity index (χ0) is 24.6. The third-order valence-corrected chi connectivity index (χ3v) is 6.34. The minimum Gasteiger partial charge on any atom is -0.489 e. The number of aromatic nitrogens is 3. The third-order valence-electron chi connectivity index (χ3n) is 6.14. The number of aromatic amines is 2. The Bertz CT molecular complexity index is 1450. The normalized spacial score (nSPS) is 17.4. The van der Waals surface area contributed by atoms with Gasteiger partial charge in [-0.05, 0) is 67.0 Å². The molecule has 4 aromatic rings. The van der Waals surface area contributed by atoms with E-state index in [1.54, 1.807) is 12.1 Å². The number of nitrogens with zero attached hydrogens (tertiary/aromatic N) is 1. The van der Waals surface area contributed by atoms with E-state index in [1.807, 2.05) is 36.4 Å². The Balaban J connectivity index is 1.19. The maximum atomic E-state index is 11.2. The summed E-state index contributed by atoms with van der Waals surface area (Å²) >= 11 is 5.15. The number of imidazole rings is 1. The first-order valence-corrected chi connectivity index (χ1v) is 11.6. The second-order valence-corrected chi connectivity index (χ2v) is 9.19. The highest BCUT2D eigenvalue weighted by Crippen LogP contribution is 2.41. The van der Waals surface area contributed by atoms with Gasteiger partial charge in [-0.3, -0.25) is 4.79 Å². The predicted octanol–water partition coefficient (Wildman–Crippen LogP) is 3.31. The van der Waals surface area contributed by atoms with Crippen LogP contribution in [0, 0.1) is 4.77 Å². The minimum atomic E-state index is -0.708. The summed E-state index contributed by atoms with van der Waals surface area (Å²) in [7, 11) is 0. The number of para-hydroxylation sites is 1. The number of benzene rings is 2. The average Bonchev–Trinajstić information content (AvgIpc) is 3.23. The van der Waals surface area contributed by atoms with E-state index in [0.29, 0.717) is 34.3 Å². The molecule has 0 radical (unpaired) electrons. The van der Waals surface area contributed by atoms with Crippen LogP contribution >= 0.6 is 12.2 Å². The van der Waals surface area contributed by atoms with E-state index in [9.17, 15) is 9.90 Å². The van der Waals surface area contributed by atoms with Crippen molar-refractivity contribution in [2.24, 2.45) is 5.73 Å². The van der Waals surface area contributed by atoms with Crippen LogP contribution in [0.15, 0.2) is 54.7 Å². The number of pyridine rings is 1. The summed E-state index contributed by atoms with van der Waals surface area (Å²) in [5.41, 5.74) is 9.22. The lowest BCUT2D eigenvalue weighted by Crippen LogP contribution is -2.51. The fourth-order valence-electron chi connectivity index (χ4n) is 4.26. The minimum absolute atomic E-state index is 0.136. The van der Waals surface area contributed by atoms with Crippen molar-refractivity contribution >= 4 is 29.2 Å². The van der Waals surface area contributed by atoms with Crippen molar-refractivity contribution < 1.29 is 19.4 Å². The number of ether oxygens (including phenoxy) is 2. The number of rotatable bonds is 9. The zero-order valence-corrected chi connectivity index (χ0v) is 19.8. The van der Waals surface area contributed by atoms with Crippen LogP contribution in [0.2, 0.25) is 0 Å². The summed E-state index contributed by atoms with van der Waals surface area (Å²) in [6.07, 6.45) is 1.51. The van der Waals surface area contributed by atoms with Crippen molar-refractivity contribution in [2.45, 2.75) is 25.0 Å². The van der Waals surface area contributed by atoms with Gasteiger partial charge in [-0.1, -0.05) is 12.1 Å². The van der Waals surface area contributed by atoms with Gasteiger partial charge in [-0.2, -0.15) is 0 Å². The van der Waals surface area contributed by atoms with Crippen LogP contribution in [0.25, 0.3) is 11.0 Å². The summed E-state index contributed by atoms with van der Waals surface area (Å²) < 4.78 is 12.2. The first-order chi connectivity index (χ1) is 16.8.